The van der Waals surface area contributed by atoms with Gasteiger partial charge in [-0.05, 0) is 42.1 Å². The van der Waals surface area contributed by atoms with Gasteiger partial charge < -0.3 is 9.64 Å². The van der Waals surface area contributed by atoms with Crippen molar-refractivity contribution in [2.45, 2.75) is 32.4 Å². The third-order valence-corrected chi connectivity index (χ3v) is 4.26. The second kappa shape index (κ2) is 7.20. The van der Waals surface area contributed by atoms with Crippen LogP contribution in [0.15, 0.2) is 42.0 Å². The highest BCUT2D eigenvalue weighted by Gasteiger charge is 2.52. The van der Waals surface area contributed by atoms with Gasteiger partial charge in [0, 0.05) is 10.6 Å². The molecule has 122 valence electrons. The number of carbonyl (C=O) groups is 1. The Kier molecular flexibility index (Phi) is 5.29. The summed E-state index contributed by atoms with van der Waals surface area (Å²) >= 11 is 0. The van der Waals surface area contributed by atoms with Gasteiger partial charge in [0.2, 0.25) is 5.91 Å². The highest BCUT2D eigenvalue weighted by atomic mass is 16.5. The van der Waals surface area contributed by atoms with Crippen molar-refractivity contribution in [2.24, 2.45) is 17.0 Å². The van der Waals surface area contributed by atoms with E-state index in [9.17, 15) is 4.79 Å². The van der Waals surface area contributed by atoms with E-state index in [1.165, 1.54) is 0 Å². The molecule has 3 atom stereocenters. The van der Waals surface area contributed by atoms with Crippen molar-refractivity contribution < 1.29 is 9.53 Å². The molecule has 0 spiro atoms. The Morgan fingerprint density at radius 2 is 2.09 bits per heavy atom. The zero-order valence-electron chi connectivity index (χ0n) is 13.7. The molecule has 0 saturated carbocycles. The van der Waals surface area contributed by atoms with Crippen molar-refractivity contribution in [1.82, 2.24) is 0 Å². The van der Waals surface area contributed by atoms with E-state index < -0.39 is 0 Å². The maximum Gasteiger partial charge on any atom is 0.232 e. The van der Waals surface area contributed by atoms with Crippen LogP contribution in [0.3, 0.4) is 0 Å². The van der Waals surface area contributed by atoms with Crippen LogP contribution in [-0.4, -0.2) is 25.1 Å². The zero-order valence-corrected chi connectivity index (χ0v) is 13.7. The van der Waals surface area contributed by atoms with Crippen molar-refractivity contribution in [1.29, 1.82) is 0 Å². The molecule has 0 N–H and O–H groups in total. The lowest BCUT2D eigenvalue weighted by Gasteiger charge is -2.51. The van der Waals surface area contributed by atoms with Crippen molar-refractivity contribution in [3.63, 3.8) is 0 Å². The molecule has 0 aliphatic carbocycles. The number of rotatable bonds is 7. The monoisotopic (exact) mass is 314 g/mol. The first kappa shape index (κ1) is 16.9. The SMILES string of the molecule is C=CCC(N=[N+]=[N-])[C@@H]1[C@H](C(C)C)C(=O)N1c1ccc(OC)cc1. The largest absolute Gasteiger partial charge is 0.497 e. The van der Waals surface area contributed by atoms with Crippen LogP contribution in [-0.2, 0) is 4.79 Å². The van der Waals surface area contributed by atoms with Crippen LogP contribution >= 0.6 is 0 Å². The molecule has 1 aromatic rings. The van der Waals surface area contributed by atoms with Gasteiger partial charge in [0.25, 0.3) is 0 Å². The molecule has 1 fully saturated rings. The fourth-order valence-corrected chi connectivity index (χ4v) is 3.16. The Labute approximate surface area is 136 Å². The average Bonchev–Trinajstić information content (AvgIpc) is 2.52. The van der Waals surface area contributed by atoms with Crippen LogP contribution in [0.4, 0.5) is 5.69 Å². The summed E-state index contributed by atoms with van der Waals surface area (Å²) < 4.78 is 5.15. The fourth-order valence-electron chi connectivity index (χ4n) is 3.16. The van der Waals surface area contributed by atoms with Crippen molar-refractivity contribution in [3.05, 3.63) is 47.4 Å². The van der Waals surface area contributed by atoms with Gasteiger partial charge in [-0.25, -0.2) is 0 Å². The smallest absolute Gasteiger partial charge is 0.232 e. The van der Waals surface area contributed by atoms with Gasteiger partial charge in [0.05, 0.1) is 25.1 Å². The summed E-state index contributed by atoms with van der Waals surface area (Å²) in [7, 11) is 1.60. The topological polar surface area (TPSA) is 78.3 Å². The summed E-state index contributed by atoms with van der Waals surface area (Å²) in [5.41, 5.74) is 9.64. The van der Waals surface area contributed by atoms with Crippen LogP contribution in [0, 0.1) is 11.8 Å². The third kappa shape index (κ3) is 3.17. The van der Waals surface area contributed by atoms with Crippen LogP contribution < -0.4 is 9.64 Å². The normalized spacial score (nSPS) is 21.4. The maximum atomic E-state index is 12.6. The van der Waals surface area contributed by atoms with Crippen LogP contribution in [0.5, 0.6) is 5.75 Å². The summed E-state index contributed by atoms with van der Waals surface area (Å²) in [5.74, 6) is 0.837. The molecular formula is C17H22N4O2. The molecule has 1 saturated heterocycles. The Balaban J connectivity index is 2.36. The van der Waals surface area contributed by atoms with E-state index in [0.29, 0.717) is 6.42 Å². The average molecular weight is 314 g/mol. The number of hydrogen-bond acceptors (Lipinski definition) is 3. The number of carbonyl (C=O) groups excluding carboxylic acids is 1. The van der Waals surface area contributed by atoms with Gasteiger partial charge in [-0.3, -0.25) is 4.79 Å². The first-order valence-corrected chi connectivity index (χ1v) is 7.67. The number of amides is 1. The number of anilines is 1. The van der Waals surface area contributed by atoms with E-state index in [0.717, 1.165) is 11.4 Å². The summed E-state index contributed by atoms with van der Waals surface area (Å²) in [6.07, 6.45) is 2.27. The highest BCUT2D eigenvalue weighted by Crippen LogP contribution is 2.40. The number of ether oxygens (including phenoxy) is 1. The lowest BCUT2D eigenvalue weighted by atomic mass is 9.74. The first-order chi connectivity index (χ1) is 11.0. The molecule has 0 aromatic heterocycles. The molecule has 6 heteroatoms. The number of β-lactam (4-membered cyclic amide) rings is 1. The summed E-state index contributed by atoms with van der Waals surface area (Å²) in [6.45, 7) is 7.76. The van der Waals surface area contributed by atoms with Gasteiger partial charge in [0.1, 0.15) is 5.75 Å². The minimum Gasteiger partial charge on any atom is -0.497 e. The lowest BCUT2D eigenvalue weighted by molar-refractivity contribution is -0.132. The van der Waals surface area contributed by atoms with E-state index in [-0.39, 0.29) is 29.8 Å². The molecule has 1 aromatic carbocycles. The number of azide groups is 1. The number of methoxy groups -OCH3 is 1. The van der Waals surface area contributed by atoms with Crippen LogP contribution in [0.25, 0.3) is 10.4 Å². The number of nitrogens with zero attached hydrogens (tertiary/aromatic N) is 4. The molecular weight excluding hydrogens is 292 g/mol. The Morgan fingerprint density at radius 3 is 2.57 bits per heavy atom. The predicted molar refractivity (Wildman–Crippen MR) is 90.3 cm³/mol. The van der Waals surface area contributed by atoms with Gasteiger partial charge >= 0.3 is 0 Å². The van der Waals surface area contributed by atoms with Gasteiger partial charge in [-0.15, -0.1) is 6.58 Å². The summed E-state index contributed by atoms with van der Waals surface area (Å²) in [6, 6.07) is 6.87. The van der Waals surface area contributed by atoms with Gasteiger partial charge in [0.15, 0.2) is 0 Å². The molecule has 1 aliphatic rings. The fraction of sp³-hybridized carbons (Fsp3) is 0.471. The van der Waals surface area contributed by atoms with Gasteiger partial charge in [-0.1, -0.05) is 25.0 Å². The summed E-state index contributed by atoms with van der Waals surface area (Å²) in [5, 5.41) is 3.90. The van der Waals surface area contributed by atoms with Crippen LogP contribution in [0.2, 0.25) is 0 Å². The molecule has 0 radical (unpaired) electrons. The minimum absolute atomic E-state index is 0.0670. The van der Waals surface area contributed by atoms with E-state index in [1.807, 2.05) is 38.1 Å². The van der Waals surface area contributed by atoms with Crippen molar-refractivity contribution in [3.8, 4) is 5.75 Å². The van der Waals surface area contributed by atoms with Crippen molar-refractivity contribution >= 4 is 11.6 Å². The molecule has 1 heterocycles. The highest BCUT2D eigenvalue weighted by molar-refractivity contribution is 6.03. The minimum atomic E-state index is -0.315. The second-order valence-corrected chi connectivity index (χ2v) is 5.96. The Morgan fingerprint density at radius 1 is 1.43 bits per heavy atom. The third-order valence-electron chi connectivity index (χ3n) is 4.26. The predicted octanol–water partition coefficient (Wildman–Crippen LogP) is 3.94. The molecule has 1 aliphatic heterocycles. The molecule has 0 bridgehead atoms. The van der Waals surface area contributed by atoms with E-state index in [1.54, 1.807) is 18.1 Å². The number of benzene rings is 1. The quantitative estimate of drug-likeness (QED) is 0.251. The van der Waals surface area contributed by atoms with E-state index in [2.05, 4.69) is 16.6 Å². The Bertz CT molecular complexity index is 620. The molecule has 6 nitrogen and oxygen atoms in total. The van der Waals surface area contributed by atoms with Crippen molar-refractivity contribution in [2.75, 3.05) is 12.0 Å². The molecule has 1 unspecified atom stereocenters. The molecule has 2 rings (SSSR count). The summed E-state index contributed by atoms with van der Waals surface area (Å²) in [4.78, 5) is 17.3. The molecule has 1 amide bonds. The lowest BCUT2D eigenvalue weighted by Crippen LogP contribution is -2.67. The Hall–Kier alpha value is -2.46. The zero-order chi connectivity index (χ0) is 17.0. The van der Waals surface area contributed by atoms with E-state index in [4.69, 9.17) is 10.3 Å². The first-order valence-electron chi connectivity index (χ1n) is 7.67. The van der Waals surface area contributed by atoms with E-state index >= 15 is 0 Å². The maximum absolute atomic E-state index is 12.6. The molecule has 23 heavy (non-hydrogen) atoms. The van der Waals surface area contributed by atoms with Gasteiger partial charge in [-0.2, -0.15) is 0 Å². The second-order valence-electron chi connectivity index (χ2n) is 5.96. The number of hydrogen-bond donors (Lipinski definition) is 0. The standard InChI is InChI=1S/C17H22N4O2/c1-5-6-14(19-20-18)16-15(11(2)3)17(22)21(16)12-7-9-13(23-4)10-8-12/h5,7-11,14-16H,1,6H2,2-4H3/t14?,15-,16+/m0/s1. The van der Waals surface area contributed by atoms with Crippen LogP contribution in [0.1, 0.15) is 20.3 Å².